The van der Waals surface area contributed by atoms with Crippen molar-refractivity contribution in [3.63, 3.8) is 0 Å². The van der Waals surface area contributed by atoms with Gasteiger partial charge in [0, 0.05) is 12.8 Å². The molecule has 0 rings (SSSR count). The SMILES string of the molecule is CCCCCCC/C=C\C/C=C\C/C=C\CCC(=O)OC(COC(=O)CC/C=C\CCCCCCCCCCC)COP(=O)([O-])OCC[N+](C)(C)C. The van der Waals surface area contributed by atoms with Gasteiger partial charge in [0.1, 0.15) is 19.8 Å². The maximum absolute atomic E-state index is 12.6. The van der Waals surface area contributed by atoms with Crippen LogP contribution in [0.25, 0.3) is 0 Å². The third-order valence-corrected chi connectivity index (χ3v) is 9.31. The highest BCUT2D eigenvalue weighted by molar-refractivity contribution is 7.45. The first-order valence-electron chi connectivity index (χ1n) is 20.3. The first-order valence-corrected chi connectivity index (χ1v) is 21.8. The lowest BCUT2D eigenvalue weighted by Gasteiger charge is -2.28. The molecule has 0 spiro atoms. The van der Waals surface area contributed by atoms with Gasteiger partial charge in [-0.15, -0.1) is 0 Å². The molecule has 0 aliphatic rings. The van der Waals surface area contributed by atoms with E-state index in [1.165, 1.54) is 83.5 Å². The maximum atomic E-state index is 12.6. The van der Waals surface area contributed by atoms with Gasteiger partial charge in [-0.2, -0.15) is 0 Å². The molecule has 302 valence electrons. The molecule has 0 heterocycles. The van der Waals surface area contributed by atoms with E-state index in [1.807, 2.05) is 39.4 Å². The first kappa shape index (κ1) is 50.0. The number of esters is 2. The van der Waals surface area contributed by atoms with Gasteiger partial charge in [0.05, 0.1) is 27.7 Å². The van der Waals surface area contributed by atoms with Crippen LogP contribution in [-0.2, 0) is 32.7 Å². The molecule has 9 nitrogen and oxygen atoms in total. The standard InChI is InChI=1S/C42H76NO8P/c1-6-8-10-12-14-16-18-20-21-23-25-27-29-31-33-35-42(45)51-40(39-50-52(46,47)49-37-36-43(3,4)5)38-48-41(44)34-32-30-28-26-24-22-19-17-15-13-11-9-7-2/h18,20,23,25,28-31,40H,6-17,19,21-22,24,26-27,32-39H2,1-5H3/b20-18-,25-23-,30-28-,31-29-. The smallest absolute Gasteiger partial charge is 0.306 e. The van der Waals surface area contributed by atoms with Crippen LogP contribution in [0.3, 0.4) is 0 Å². The lowest BCUT2D eigenvalue weighted by molar-refractivity contribution is -0.870. The van der Waals surface area contributed by atoms with E-state index in [0.717, 1.165) is 32.1 Å². The van der Waals surface area contributed by atoms with Crippen molar-refractivity contribution in [2.75, 3.05) is 47.5 Å². The monoisotopic (exact) mass is 754 g/mol. The Labute approximate surface area is 318 Å². The van der Waals surface area contributed by atoms with Crippen molar-refractivity contribution in [3.05, 3.63) is 48.6 Å². The second kappa shape index (κ2) is 34.7. The molecular formula is C42H76NO8P. The Kier molecular flexibility index (Phi) is 33.4. The molecule has 2 unspecified atom stereocenters. The fourth-order valence-corrected chi connectivity index (χ4v) is 5.84. The third-order valence-electron chi connectivity index (χ3n) is 8.35. The molecule has 0 radical (unpaired) electrons. The lowest BCUT2D eigenvalue weighted by atomic mass is 10.1. The number of hydrogen-bond acceptors (Lipinski definition) is 8. The third kappa shape index (κ3) is 37.7. The molecule has 2 atom stereocenters. The van der Waals surface area contributed by atoms with Crippen LogP contribution in [0.4, 0.5) is 0 Å². The highest BCUT2D eigenvalue weighted by Gasteiger charge is 2.21. The molecule has 0 saturated carbocycles. The van der Waals surface area contributed by atoms with E-state index in [-0.39, 0.29) is 26.1 Å². The molecule has 0 saturated heterocycles. The summed E-state index contributed by atoms with van der Waals surface area (Å²) in [5, 5.41) is 0. The zero-order valence-electron chi connectivity index (χ0n) is 33.7. The Morgan fingerprint density at radius 1 is 0.596 bits per heavy atom. The molecule has 0 aliphatic carbocycles. The molecule has 52 heavy (non-hydrogen) atoms. The number of likely N-dealkylation sites (N-methyl/N-ethyl adjacent to an activating group) is 1. The quantitative estimate of drug-likeness (QED) is 0.0204. The van der Waals surface area contributed by atoms with E-state index in [0.29, 0.717) is 23.9 Å². The van der Waals surface area contributed by atoms with Crippen molar-refractivity contribution < 1.29 is 42.1 Å². The molecule has 0 bridgehead atoms. The van der Waals surface area contributed by atoms with E-state index in [4.69, 9.17) is 18.5 Å². The van der Waals surface area contributed by atoms with Crippen LogP contribution in [0.2, 0.25) is 0 Å². The number of nitrogens with zero attached hydrogens (tertiary/aromatic N) is 1. The Morgan fingerprint density at radius 3 is 1.58 bits per heavy atom. The van der Waals surface area contributed by atoms with Crippen molar-refractivity contribution in [2.45, 2.75) is 161 Å². The van der Waals surface area contributed by atoms with Crippen molar-refractivity contribution in [1.82, 2.24) is 0 Å². The van der Waals surface area contributed by atoms with Crippen molar-refractivity contribution in [2.24, 2.45) is 0 Å². The van der Waals surface area contributed by atoms with Crippen molar-refractivity contribution >= 4 is 19.8 Å². The molecule has 0 amide bonds. The number of phosphoric ester groups is 1. The summed E-state index contributed by atoms with van der Waals surface area (Å²) in [6.07, 6.45) is 38.8. The predicted molar refractivity (Wildman–Crippen MR) is 213 cm³/mol. The number of carbonyl (C=O) groups excluding carboxylic acids is 2. The average Bonchev–Trinajstić information content (AvgIpc) is 3.09. The van der Waals surface area contributed by atoms with Gasteiger partial charge in [-0.1, -0.05) is 140 Å². The van der Waals surface area contributed by atoms with Gasteiger partial charge >= 0.3 is 11.9 Å². The number of carbonyl (C=O) groups is 2. The summed E-state index contributed by atoms with van der Waals surface area (Å²) in [5.74, 6) is -0.983. The molecule has 10 heteroatoms. The van der Waals surface area contributed by atoms with E-state index in [1.54, 1.807) is 0 Å². The number of unbranched alkanes of at least 4 members (excludes halogenated alkanes) is 14. The molecule has 0 aromatic carbocycles. The molecule has 0 N–H and O–H groups in total. The van der Waals surface area contributed by atoms with Crippen LogP contribution >= 0.6 is 7.82 Å². The van der Waals surface area contributed by atoms with Gasteiger partial charge in [0.2, 0.25) is 0 Å². The van der Waals surface area contributed by atoms with Crippen LogP contribution in [0.15, 0.2) is 48.6 Å². The van der Waals surface area contributed by atoms with Crippen molar-refractivity contribution in [3.8, 4) is 0 Å². The number of quaternary nitrogens is 1. The predicted octanol–water partition coefficient (Wildman–Crippen LogP) is 10.5. The second-order valence-electron chi connectivity index (χ2n) is 14.6. The van der Waals surface area contributed by atoms with Crippen molar-refractivity contribution in [1.29, 1.82) is 0 Å². The van der Waals surface area contributed by atoms with Crippen LogP contribution < -0.4 is 4.89 Å². The van der Waals surface area contributed by atoms with Gasteiger partial charge in [0.15, 0.2) is 6.10 Å². The van der Waals surface area contributed by atoms with E-state index >= 15 is 0 Å². The average molecular weight is 754 g/mol. The number of rotatable bonds is 36. The zero-order chi connectivity index (χ0) is 38.6. The van der Waals surface area contributed by atoms with Gasteiger partial charge in [0.25, 0.3) is 7.82 Å². The van der Waals surface area contributed by atoms with Gasteiger partial charge in [-0.05, 0) is 51.4 Å². The normalized spacial score (nSPS) is 14.2. The summed E-state index contributed by atoms with van der Waals surface area (Å²) in [5.41, 5.74) is 0. The summed E-state index contributed by atoms with van der Waals surface area (Å²) in [6, 6.07) is 0. The van der Waals surface area contributed by atoms with Gasteiger partial charge in [-0.25, -0.2) is 0 Å². The molecule has 0 aromatic heterocycles. The van der Waals surface area contributed by atoms with Crippen LogP contribution in [0.5, 0.6) is 0 Å². The van der Waals surface area contributed by atoms with Gasteiger partial charge in [-0.3, -0.25) is 14.2 Å². The van der Waals surface area contributed by atoms with E-state index in [2.05, 4.69) is 44.2 Å². The molecular weight excluding hydrogens is 677 g/mol. The van der Waals surface area contributed by atoms with Crippen LogP contribution in [0, 0.1) is 0 Å². The number of ether oxygens (including phenoxy) is 2. The topological polar surface area (TPSA) is 111 Å². The summed E-state index contributed by atoms with van der Waals surface area (Å²) in [4.78, 5) is 37.3. The fraction of sp³-hybridized carbons (Fsp3) is 0.762. The Hall–Kier alpha value is -2.03. The minimum absolute atomic E-state index is 0.0478. The maximum Gasteiger partial charge on any atom is 0.306 e. The minimum atomic E-state index is -4.64. The van der Waals surface area contributed by atoms with Crippen LogP contribution in [0.1, 0.15) is 155 Å². The molecule has 0 aliphatic heterocycles. The highest BCUT2D eigenvalue weighted by Crippen LogP contribution is 2.38. The van der Waals surface area contributed by atoms with Crippen LogP contribution in [-0.4, -0.2) is 70.0 Å². The first-order chi connectivity index (χ1) is 25.0. The number of hydrogen-bond donors (Lipinski definition) is 0. The molecule has 0 aromatic rings. The summed E-state index contributed by atoms with van der Waals surface area (Å²) < 4.78 is 33.6. The summed E-state index contributed by atoms with van der Waals surface area (Å²) >= 11 is 0. The van der Waals surface area contributed by atoms with Gasteiger partial charge < -0.3 is 27.9 Å². The summed E-state index contributed by atoms with van der Waals surface area (Å²) in [7, 11) is 1.11. The van der Waals surface area contributed by atoms with E-state index in [9.17, 15) is 19.0 Å². The second-order valence-corrected chi connectivity index (χ2v) is 16.1. The Bertz CT molecular complexity index is 1030. The molecule has 0 fully saturated rings. The number of allylic oxidation sites excluding steroid dienone is 8. The van der Waals surface area contributed by atoms with E-state index < -0.39 is 32.5 Å². The largest absolute Gasteiger partial charge is 0.756 e. The Balaban J connectivity index is 4.57. The fourth-order valence-electron chi connectivity index (χ4n) is 5.11. The zero-order valence-corrected chi connectivity index (χ0v) is 34.6. The lowest BCUT2D eigenvalue weighted by Crippen LogP contribution is -2.37. The summed E-state index contributed by atoms with van der Waals surface area (Å²) in [6.45, 7) is 4.07. The minimum Gasteiger partial charge on any atom is -0.756 e. The number of phosphoric acid groups is 1. The Morgan fingerprint density at radius 2 is 1.04 bits per heavy atom. The highest BCUT2D eigenvalue weighted by atomic mass is 31.2.